The van der Waals surface area contributed by atoms with Crippen molar-refractivity contribution in [3.05, 3.63) is 0 Å². The highest BCUT2D eigenvalue weighted by molar-refractivity contribution is 7.80. The number of unbranched alkanes of at least 4 members (excludes halogenated alkanes) is 1. The van der Waals surface area contributed by atoms with Crippen LogP contribution in [0.3, 0.4) is 0 Å². The van der Waals surface area contributed by atoms with Gasteiger partial charge in [-0.2, -0.15) is 0 Å². The van der Waals surface area contributed by atoms with Gasteiger partial charge in [0.05, 0.1) is 12.6 Å². The molecule has 2 rings (SSSR count). The van der Waals surface area contributed by atoms with Crippen molar-refractivity contribution in [3.63, 3.8) is 0 Å². The maximum atomic E-state index is 12.1. The van der Waals surface area contributed by atoms with Crippen molar-refractivity contribution >= 4 is 49.0 Å². The Labute approximate surface area is 285 Å². The van der Waals surface area contributed by atoms with E-state index in [4.69, 9.17) is 49.9 Å². The van der Waals surface area contributed by atoms with E-state index in [9.17, 15) is 28.6 Å². The molecule has 4 N–H and O–H groups in total. The Kier molecular flexibility index (Phi) is 17.6. The van der Waals surface area contributed by atoms with E-state index in [0.29, 0.717) is 30.9 Å². The number of rotatable bonds is 18. The highest BCUT2D eigenvalue weighted by atomic mass is 32.1. The number of ether oxygens (including phenoxy) is 7. The second kappa shape index (κ2) is 20.3. The zero-order chi connectivity index (χ0) is 36.0. The van der Waals surface area contributed by atoms with E-state index in [-0.39, 0.29) is 31.8 Å². The van der Waals surface area contributed by atoms with Crippen LogP contribution in [0.5, 0.6) is 0 Å². The Hall–Kier alpha value is -2.48. The summed E-state index contributed by atoms with van der Waals surface area (Å²) in [5, 5.41) is 9.25. The molecular weight excluding hydrogens is 681 g/mol. The lowest BCUT2D eigenvalue weighted by molar-refractivity contribution is -0.277. The van der Waals surface area contributed by atoms with Crippen LogP contribution in [0, 0.1) is 5.92 Å². The number of hydrogen-bond acceptors (Lipinski definition) is 15. The molecule has 2 unspecified atom stereocenters. The number of nitrogens with one attached hydrogen (secondary N) is 3. The molecule has 18 nitrogen and oxygen atoms in total. The second-order valence-electron chi connectivity index (χ2n) is 11.2. The van der Waals surface area contributed by atoms with Crippen LogP contribution in [-0.4, -0.2) is 130 Å². The first-order valence-electron chi connectivity index (χ1n) is 15.3. The SMILES string of the molecule is COC[C@H]1C[C@H](NC(=S)NCCCCO[C@@H]2O[C@H](COC(C)=O)[C@H](OC(C)=O)[C@H](OC(C)=O)[C@H]2NC(C)=O)[C@@H](OC)C1OP(=O)(O)OC. The third kappa shape index (κ3) is 13.4. The van der Waals surface area contributed by atoms with Crippen molar-refractivity contribution in [2.75, 3.05) is 47.7 Å². The van der Waals surface area contributed by atoms with E-state index < -0.39 is 74.5 Å². The zero-order valence-corrected chi connectivity index (χ0v) is 29.9. The molecule has 20 heteroatoms. The van der Waals surface area contributed by atoms with Gasteiger partial charge in [0.1, 0.15) is 31.0 Å². The molecule has 1 saturated carbocycles. The molecule has 0 radical (unpaired) electrons. The van der Waals surface area contributed by atoms with Crippen LogP contribution in [0.15, 0.2) is 0 Å². The van der Waals surface area contributed by atoms with Crippen LogP contribution in [0.4, 0.5) is 0 Å². The molecule has 10 atom stereocenters. The Morgan fingerprint density at radius 2 is 1.56 bits per heavy atom. The number of phosphoric acid groups is 1. The lowest BCUT2D eigenvalue weighted by Gasteiger charge is -2.44. The topological polar surface area (TPSA) is 225 Å². The maximum Gasteiger partial charge on any atom is 0.472 e. The number of hydrogen-bond donors (Lipinski definition) is 4. The first kappa shape index (κ1) is 41.7. The minimum atomic E-state index is -4.29. The molecule has 2 fully saturated rings. The summed E-state index contributed by atoms with van der Waals surface area (Å²) < 4.78 is 60.8. The minimum Gasteiger partial charge on any atom is -0.463 e. The Bertz CT molecular complexity index is 1150. The number of thiocarbonyl (C=S) groups is 1. The monoisotopic (exact) mass is 729 g/mol. The van der Waals surface area contributed by atoms with Gasteiger partial charge in [-0.25, -0.2) is 4.57 Å². The van der Waals surface area contributed by atoms with E-state index in [0.717, 1.165) is 21.0 Å². The van der Waals surface area contributed by atoms with Crippen LogP contribution in [0.2, 0.25) is 0 Å². The van der Waals surface area contributed by atoms with Gasteiger partial charge in [0.15, 0.2) is 23.6 Å². The van der Waals surface area contributed by atoms with Gasteiger partial charge >= 0.3 is 25.7 Å². The number of methoxy groups -OCH3 is 2. The summed E-state index contributed by atoms with van der Waals surface area (Å²) in [6.07, 6.45) is -4.49. The number of carbonyl (C=O) groups is 4. The molecule has 0 spiro atoms. The quantitative estimate of drug-likeness (QED) is 0.0482. The van der Waals surface area contributed by atoms with Crippen LogP contribution in [0.1, 0.15) is 47.0 Å². The molecule has 0 aromatic rings. The van der Waals surface area contributed by atoms with E-state index in [1.54, 1.807) is 0 Å². The third-order valence-corrected chi connectivity index (χ3v) is 8.64. The van der Waals surface area contributed by atoms with Crippen molar-refractivity contribution in [2.45, 2.75) is 95.9 Å². The second-order valence-corrected chi connectivity index (χ2v) is 13.1. The summed E-state index contributed by atoms with van der Waals surface area (Å²) in [5.74, 6) is -2.76. The molecule has 0 bridgehead atoms. The van der Waals surface area contributed by atoms with Gasteiger partial charge < -0.3 is 54.0 Å². The van der Waals surface area contributed by atoms with Gasteiger partial charge in [-0.05, 0) is 31.5 Å². The number of phosphoric ester groups is 1. The van der Waals surface area contributed by atoms with Crippen LogP contribution in [-0.2, 0) is 65.9 Å². The number of esters is 3. The van der Waals surface area contributed by atoms with Gasteiger partial charge in [-0.1, -0.05) is 0 Å². The molecule has 1 saturated heterocycles. The van der Waals surface area contributed by atoms with Crippen molar-refractivity contribution in [1.82, 2.24) is 16.0 Å². The predicted octanol–water partition coefficient (Wildman–Crippen LogP) is 0.0853. The van der Waals surface area contributed by atoms with E-state index in [1.807, 2.05) is 0 Å². The van der Waals surface area contributed by atoms with E-state index in [1.165, 1.54) is 28.1 Å². The zero-order valence-electron chi connectivity index (χ0n) is 28.2. The maximum absolute atomic E-state index is 12.1. The molecule has 1 aliphatic carbocycles. The largest absolute Gasteiger partial charge is 0.472 e. The molecule has 0 aromatic heterocycles. The van der Waals surface area contributed by atoms with Gasteiger partial charge in [0.25, 0.3) is 0 Å². The van der Waals surface area contributed by atoms with Gasteiger partial charge in [-0.3, -0.25) is 28.2 Å². The first-order chi connectivity index (χ1) is 22.6. The average Bonchev–Trinajstić information content (AvgIpc) is 3.30. The van der Waals surface area contributed by atoms with Crippen molar-refractivity contribution in [1.29, 1.82) is 0 Å². The van der Waals surface area contributed by atoms with Crippen molar-refractivity contribution < 1.29 is 70.8 Å². The molecule has 48 heavy (non-hydrogen) atoms. The summed E-state index contributed by atoms with van der Waals surface area (Å²) >= 11 is 5.46. The summed E-state index contributed by atoms with van der Waals surface area (Å²) in [6, 6.07) is -1.41. The number of amides is 1. The van der Waals surface area contributed by atoms with E-state index >= 15 is 0 Å². The van der Waals surface area contributed by atoms with Crippen molar-refractivity contribution in [3.8, 4) is 0 Å². The number of carbonyl (C=O) groups excluding carboxylic acids is 4. The molecule has 276 valence electrons. The normalized spacial score (nSPS) is 29.6. The molecule has 0 aromatic carbocycles. The summed E-state index contributed by atoms with van der Waals surface area (Å²) in [5.41, 5.74) is 0. The Morgan fingerprint density at radius 3 is 2.12 bits per heavy atom. The fraction of sp³-hybridized carbons (Fsp3) is 0.821. The third-order valence-electron chi connectivity index (χ3n) is 7.41. The van der Waals surface area contributed by atoms with Crippen molar-refractivity contribution in [2.24, 2.45) is 5.92 Å². The smallest absolute Gasteiger partial charge is 0.463 e. The van der Waals surface area contributed by atoms with Gasteiger partial charge in [0.2, 0.25) is 5.91 Å². The fourth-order valence-corrected chi connectivity index (χ4v) is 6.47. The summed E-state index contributed by atoms with van der Waals surface area (Å²) in [6.45, 7) is 5.28. The summed E-state index contributed by atoms with van der Waals surface area (Å²) in [7, 11) is -0.228. The molecular formula is C28H48N3O15PS. The predicted molar refractivity (Wildman–Crippen MR) is 169 cm³/mol. The van der Waals surface area contributed by atoms with Gasteiger partial charge in [-0.15, -0.1) is 0 Å². The molecule has 1 amide bonds. The van der Waals surface area contributed by atoms with Crippen LogP contribution >= 0.6 is 20.0 Å². The first-order valence-corrected chi connectivity index (χ1v) is 17.2. The highest BCUT2D eigenvalue weighted by Gasteiger charge is 2.51. The lowest BCUT2D eigenvalue weighted by atomic mass is 9.96. The Balaban J connectivity index is 1.98. The molecule has 1 heterocycles. The lowest BCUT2D eigenvalue weighted by Crippen LogP contribution is -2.66. The van der Waals surface area contributed by atoms with Crippen LogP contribution in [0.25, 0.3) is 0 Å². The van der Waals surface area contributed by atoms with E-state index in [2.05, 4.69) is 20.5 Å². The van der Waals surface area contributed by atoms with Crippen LogP contribution < -0.4 is 16.0 Å². The summed E-state index contributed by atoms with van der Waals surface area (Å²) in [4.78, 5) is 57.4. The average molecular weight is 730 g/mol. The standard InChI is InChI=1S/C28H48N3O15PS/c1-15(32)30-22-26(44-18(4)35)25(43-17(3)34)21(14-42-16(2)33)45-27(22)41-11-9-8-10-29-28(48)31-20-12-19(13-38-5)23(24(20)39-6)46-47(36,37)40-7/h19-27H,8-14H2,1-7H3,(H,30,32)(H,36,37)(H2,29,31,48)/t19-,20+,21-,22-,23?,24-,25+,26-,27-/m1/s1. The molecule has 2 aliphatic rings. The highest BCUT2D eigenvalue weighted by Crippen LogP contribution is 2.48. The fourth-order valence-electron chi connectivity index (χ4n) is 5.53. The van der Waals surface area contributed by atoms with Gasteiger partial charge in [0, 0.05) is 68.1 Å². The Morgan fingerprint density at radius 1 is 0.896 bits per heavy atom. The minimum absolute atomic E-state index is 0.140. The molecule has 1 aliphatic heterocycles.